The van der Waals surface area contributed by atoms with Gasteiger partial charge >= 0.3 is 0 Å². The van der Waals surface area contributed by atoms with E-state index in [2.05, 4.69) is 6.58 Å². The molecule has 0 saturated heterocycles. The molecule has 0 amide bonds. The molecule has 0 aliphatic carbocycles. The SMILES string of the molecule is C=C(CC)CC(O)c1cc(OC)c(OC)c(OC)c1. The van der Waals surface area contributed by atoms with E-state index in [1.54, 1.807) is 33.5 Å². The second-order valence-electron chi connectivity index (χ2n) is 4.28. The molecule has 1 atom stereocenters. The predicted molar refractivity (Wildman–Crippen MR) is 75.1 cm³/mol. The Morgan fingerprint density at radius 2 is 1.68 bits per heavy atom. The maximum absolute atomic E-state index is 10.2. The minimum atomic E-state index is -0.624. The van der Waals surface area contributed by atoms with Crippen LogP contribution >= 0.6 is 0 Å². The summed E-state index contributed by atoms with van der Waals surface area (Å²) in [7, 11) is 4.66. The first-order valence-electron chi connectivity index (χ1n) is 6.21. The maximum Gasteiger partial charge on any atom is 0.203 e. The molecular weight excluding hydrogens is 244 g/mol. The molecule has 1 aromatic carbocycles. The zero-order valence-corrected chi connectivity index (χ0v) is 12.0. The van der Waals surface area contributed by atoms with Crippen LogP contribution in [0.3, 0.4) is 0 Å². The van der Waals surface area contributed by atoms with Crippen LogP contribution in [0.15, 0.2) is 24.3 Å². The zero-order chi connectivity index (χ0) is 14.4. The maximum atomic E-state index is 10.2. The summed E-state index contributed by atoms with van der Waals surface area (Å²) in [6.45, 7) is 5.93. The molecule has 0 aromatic heterocycles. The summed E-state index contributed by atoms with van der Waals surface area (Å²) < 4.78 is 15.8. The fraction of sp³-hybridized carbons (Fsp3) is 0.467. The van der Waals surface area contributed by atoms with Gasteiger partial charge in [-0.05, 0) is 30.5 Å². The monoisotopic (exact) mass is 266 g/mol. The third-order valence-corrected chi connectivity index (χ3v) is 3.05. The number of ether oxygens (including phenoxy) is 3. The fourth-order valence-corrected chi connectivity index (χ4v) is 1.83. The van der Waals surface area contributed by atoms with Gasteiger partial charge in [-0.15, -0.1) is 0 Å². The Hall–Kier alpha value is -1.68. The Kier molecular flexibility index (Phi) is 5.70. The Bertz CT molecular complexity index is 415. The molecule has 1 N–H and O–H groups in total. The third kappa shape index (κ3) is 3.64. The van der Waals surface area contributed by atoms with Crippen molar-refractivity contribution in [3.05, 3.63) is 29.8 Å². The summed E-state index contributed by atoms with van der Waals surface area (Å²) in [4.78, 5) is 0. The minimum Gasteiger partial charge on any atom is -0.493 e. The molecule has 0 heterocycles. The molecular formula is C15H22O4. The van der Waals surface area contributed by atoms with E-state index in [4.69, 9.17) is 14.2 Å². The number of rotatable bonds is 7. The highest BCUT2D eigenvalue weighted by atomic mass is 16.5. The van der Waals surface area contributed by atoms with Gasteiger partial charge in [0.2, 0.25) is 5.75 Å². The van der Waals surface area contributed by atoms with Crippen LogP contribution in [0.5, 0.6) is 17.2 Å². The summed E-state index contributed by atoms with van der Waals surface area (Å²) in [6.07, 6.45) is 0.748. The van der Waals surface area contributed by atoms with E-state index in [-0.39, 0.29) is 0 Å². The highest BCUT2D eigenvalue weighted by Gasteiger charge is 2.17. The summed E-state index contributed by atoms with van der Waals surface area (Å²) in [5.41, 5.74) is 1.73. The van der Waals surface area contributed by atoms with E-state index in [1.165, 1.54) is 0 Å². The molecule has 1 rings (SSSR count). The fourth-order valence-electron chi connectivity index (χ4n) is 1.83. The first-order chi connectivity index (χ1) is 9.07. The van der Waals surface area contributed by atoms with E-state index in [0.29, 0.717) is 23.7 Å². The van der Waals surface area contributed by atoms with Crippen LogP contribution in [0.2, 0.25) is 0 Å². The van der Waals surface area contributed by atoms with Gasteiger partial charge in [0.1, 0.15) is 0 Å². The van der Waals surface area contributed by atoms with Crippen molar-refractivity contribution >= 4 is 0 Å². The van der Waals surface area contributed by atoms with E-state index in [9.17, 15) is 5.11 Å². The quantitative estimate of drug-likeness (QED) is 0.770. The molecule has 0 radical (unpaired) electrons. The van der Waals surface area contributed by atoms with Crippen molar-refractivity contribution in [1.82, 2.24) is 0 Å². The van der Waals surface area contributed by atoms with Crippen molar-refractivity contribution in [2.24, 2.45) is 0 Å². The Balaban J connectivity index is 3.11. The van der Waals surface area contributed by atoms with Gasteiger partial charge in [-0.2, -0.15) is 0 Å². The van der Waals surface area contributed by atoms with Crippen LogP contribution in [-0.4, -0.2) is 26.4 Å². The molecule has 0 fully saturated rings. The highest BCUT2D eigenvalue weighted by molar-refractivity contribution is 5.54. The van der Waals surface area contributed by atoms with Crippen LogP contribution < -0.4 is 14.2 Å². The molecule has 0 aliphatic rings. The third-order valence-electron chi connectivity index (χ3n) is 3.05. The van der Waals surface area contributed by atoms with E-state index in [1.807, 2.05) is 6.92 Å². The Morgan fingerprint density at radius 3 is 2.05 bits per heavy atom. The molecule has 0 spiro atoms. The minimum absolute atomic E-state index is 0.523. The van der Waals surface area contributed by atoms with Crippen LogP contribution in [0.4, 0.5) is 0 Å². The van der Waals surface area contributed by atoms with Crippen molar-refractivity contribution in [3.8, 4) is 17.2 Å². The number of methoxy groups -OCH3 is 3. The molecule has 0 saturated carbocycles. The lowest BCUT2D eigenvalue weighted by molar-refractivity contribution is 0.176. The largest absolute Gasteiger partial charge is 0.493 e. The van der Waals surface area contributed by atoms with Gasteiger partial charge in [0.15, 0.2) is 11.5 Å². The summed E-state index contributed by atoms with van der Waals surface area (Å²) >= 11 is 0. The van der Waals surface area contributed by atoms with Crippen LogP contribution in [0.25, 0.3) is 0 Å². The molecule has 106 valence electrons. The number of hydrogen-bond donors (Lipinski definition) is 1. The number of hydrogen-bond acceptors (Lipinski definition) is 4. The molecule has 4 heteroatoms. The standard InChI is InChI=1S/C15H22O4/c1-6-10(2)7-12(16)11-8-13(17-3)15(19-5)14(9-11)18-4/h8-9,12,16H,2,6-7H2,1,3-5H3. The van der Waals surface area contributed by atoms with Crippen molar-refractivity contribution < 1.29 is 19.3 Å². The molecule has 0 aliphatic heterocycles. The zero-order valence-electron chi connectivity index (χ0n) is 12.0. The smallest absolute Gasteiger partial charge is 0.203 e. The number of aliphatic hydroxyl groups excluding tert-OH is 1. The number of benzene rings is 1. The van der Waals surface area contributed by atoms with Crippen molar-refractivity contribution in [1.29, 1.82) is 0 Å². The number of aliphatic hydroxyl groups is 1. The first-order valence-corrected chi connectivity index (χ1v) is 6.21. The first kappa shape index (κ1) is 15.4. The van der Waals surface area contributed by atoms with Crippen LogP contribution in [0, 0.1) is 0 Å². The van der Waals surface area contributed by atoms with Crippen LogP contribution in [0.1, 0.15) is 31.4 Å². The molecule has 4 nitrogen and oxygen atoms in total. The Morgan fingerprint density at radius 1 is 1.16 bits per heavy atom. The summed E-state index contributed by atoms with van der Waals surface area (Å²) in [5, 5.41) is 10.2. The van der Waals surface area contributed by atoms with Crippen molar-refractivity contribution in [2.75, 3.05) is 21.3 Å². The Labute approximate surface area is 114 Å². The van der Waals surface area contributed by atoms with Gasteiger partial charge in [-0.25, -0.2) is 0 Å². The van der Waals surface area contributed by atoms with Gasteiger partial charge in [0.25, 0.3) is 0 Å². The van der Waals surface area contributed by atoms with Crippen molar-refractivity contribution in [3.63, 3.8) is 0 Å². The summed E-state index contributed by atoms with van der Waals surface area (Å²) in [5.74, 6) is 1.60. The molecule has 0 bridgehead atoms. The average Bonchev–Trinajstić information content (AvgIpc) is 2.44. The van der Waals surface area contributed by atoms with Gasteiger partial charge in [0.05, 0.1) is 27.4 Å². The van der Waals surface area contributed by atoms with Gasteiger partial charge in [-0.1, -0.05) is 19.1 Å². The van der Waals surface area contributed by atoms with E-state index >= 15 is 0 Å². The van der Waals surface area contributed by atoms with E-state index in [0.717, 1.165) is 17.6 Å². The summed E-state index contributed by atoms with van der Waals surface area (Å²) in [6, 6.07) is 3.52. The topological polar surface area (TPSA) is 47.9 Å². The lowest BCUT2D eigenvalue weighted by Gasteiger charge is -2.17. The molecule has 19 heavy (non-hydrogen) atoms. The molecule has 1 aromatic rings. The van der Waals surface area contributed by atoms with Gasteiger partial charge < -0.3 is 19.3 Å². The predicted octanol–water partition coefficient (Wildman–Crippen LogP) is 3.10. The van der Waals surface area contributed by atoms with Gasteiger partial charge in [0, 0.05) is 0 Å². The lowest BCUT2D eigenvalue weighted by Crippen LogP contribution is -2.02. The average molecular weight is 266 g/mol. The lowest BCUT2D eigenvalue weighted by atomic mass is 10.0. The van der Waals surface area contributed by atoms with E-state index < -0.39 is 6.10 Å². The normalized spacial score (nSPS) is 11.8. The van der Waals surface area contributed by atoms with Gasteiger partial charge in [-0.3, -0.25) is 0 Å². The highest BCUT2D eigenvalue weighted by Crippen LogP contribution is 2.40. The second-order valence-corrected chi connectivity index (χ2v) is 4.28. The van der Waals surface area contributed by atoms with Crippen LogP contribution in [-0.2, 0) is 0 Å². The second kappa shape index (κ2) is 7.04. The van der Waals surface area contributed by atoms with Crippen molar-refractivity contribution in [2.45, 2.75) is 25.9 Å². The molecule has 1 unspecified atom stereocenters.